The number of nitrogens with zero attached hydrogens (tertiary/aromatic N) is 2. The molecule has 1 aromatic rings. The quantitative estimate of drug-likeness (QED) is 0.515. The molecule has 1 heterocycles. The topological polar surface area (TPSA) is 128 Å². The molecule has 1 fully saturated rings. The van der Waals surface area contributed by atoms with Crippen LogP contribution in [0, 0.1) is 16.0 Å². The van der Waals surface area contributed by atoms with Gasteiger partial charge in [0.15, 0.2) is 0 Å². The van der Waals surface area contributed by atoms with Crippen molar-refractivity contribution in [2.45, 2.75) is 17.7 Å². The average Bonchev–Trinajstić information content (AvgIpc) is 2.57. The van der Waals surface area contributed by atoms with Gasteiger partial charge in [-0.05, 0) is 37.4 Å². The second kappa shape index (κ2) is 8.56. The third kappa shape index (κ3) is 5.63. The maximum Gasteiger partial charge on any atom is 0.293 e. The van der Waals surface area contributed by atoms with Crippen LogP contribution in [0.15, 0.2) is 23.1 Å². The molecule has 9 nitrogen and oxygen atoms in total. The number of nitrogens with one attached hydrogen (secondary N) is 1. The van der Waals surface area contributed by atoms with Crippen LogP contribution in [0.4, 0.5) is 11.4 Å². The highest BCUT2D eigenvalue weighted by Gasteiger charge is 2.22. The third-order valence-corrected chi connectivity index (χ3v) is 5.20. The largest absolute Gasteiger partial charge is 0.383 e. The molecule has 1 unspecified atom stereocenters. The number of piperidine rings is 1. The van der Waals surface area contributed by atoms with E-state index in [1.165, 1.54) is 12.1 Å². The predicted octanol–water partition coefficient (Wildman–Crippen LogP) is 1.01. The summed E-state index contributed by atoms with van der Waals surface area (Å²) in [6, 6.07) is 3.66. The fraction of sp³-hybridized carbons (Fsp3) is 0.600. The Kier molecular flexibility index (Phi) is 6.71. The normalized spacial score (nSPS) is 18.9. The molecule has 1 aliphatic rings. The van der Waals surface area contributed by atoms with E-state index < -0.39 is 14.9 Å². The minimum absolute atomic E-state index is 0.270. The maximum absolute atomic E-state index is 11.4. The van der Waals surface area contributed by atoms with Crippen molar-refractivity contribution in [3.63, 3.8) is 0 Å². The van der Waals surface area contributed by atoms with E-state index in [9.17, 15) is 18.5 Å². The number of ether oxygens (including phenoxy) is 1. The molecule has 25 heavy (non-hydrogen) atoms. The summed E-state index contributed by atoms with van der Waals surface area (Å²) in [5.41, 5.74) is 0.00462. The Bertz CT molecular complexity index is 710. The lowest BCUT2D eigenvalue weighted by Crippen LogP contribution is -2.39. The van der Waals surface area contributed by atoms with Crippen LogP contribution in [0.3, 0.4) is 0 Å². The first-order valence-electron chi connectivity index (χ1n) is 8.07. The molecule has 140 valence electrons. The molecule has 3 N–H and O–H groups in total. The van der Waals surface area contributed by atoms with Gasteiger partial charge in [0, 0.05) is 32.8 Å². The first kappa shape index (κ1) is 19.6. The zero-order chi connectivity index (χ0) is 18.4. The smallest absolute Gasteiger partial charge is 0.293 e. The molecule has 0 aromatic heterocycles. The number of nitrogens with two attached hydrogens (primary N) is 1. The van der Waals surface area contributed by atoms with Gasteiger partial charge in [-0.2, -0.15) is 0 Å². The van der Waals surface area contributed by atoms with Crippen LogP contribution in [-0.2, 0) is 14.8 Å². The van der Waals surface area contributed by atoms with Crippen molar-refractivity contribution >= 4 is 21.4 Å². The van der Waals surface area contributed by atoms with Gasteiger partial charge < -0.3 is 15.0 Å². The lowest BCUT2D eigenvalue weighted by Gasteiger charge is -2.32. The molecule has 0 aliphatic carbocycles. The lowest BCUT2D eigenvalue weighted by molar-refractivity contribution is -0.384. The van der Waals surface area contributed by atoms with Gasteiger partial charge in [-0.15, -0.1) is 0 Å². The molecular weight excluding hydrogens is 348 g/mol. The van der Waals surface area contributed by atoms with Crippen LogP contribution in [0.5, 0.6) is 0 Å². The van der Waals surface area contributed by atoms with Gasteiger partial charge in [-0.3, -0.25) is 10.1 Å². The van der Waals surface area contributed by atoms with Gasteiger partial charge in [0.2, 0.25) is 10.0 Å². The molecule has 1 atom stereocenters. The van der Waals surface area contributed by atoms with E-state index in [-0.39, 0.29) is 10.6 Å². The van der Waals surface area contributed by atoms with Crippen LogP contribution in [0.2, 0.25) is 0 Å². The van der Waals surface area contributed by atoms with E-state index in [1.807, 2.05) is 0 Å². The molecular formula is C15H24N4O5S. The number of nitro benzene ring substituents is 1. The molecule has 0 bridgehead atoms. The van der Waals surface area contributed by atoms with Crippen molar-refractivity contribution in [3.05, 3.63) is 28.3 Å². The molecule has 1 aromatic carbocycles. The number of benzene rings is 1. The molecule has 0 spiro atoms. The van der Waals surface area contributed by atoms with Gasteiger partial charge in [0.25, 0.3) is 5.69 Å². The first-order chi connectivity index (χ1) is 11.8. The van der Waals surface area contributed by atoms with Crippen molar-refractivity contribution in [3.8, 4) is 0 Å². The van der Waals surface area contributed by atoms with E-state index in [0.717, 1.165) is 38.5 Å². The summed E-state index contributed by atoms with van der Waals surface area (Å²) in [4.78, 5) is 12.7. The number of nitro groups is 1. The fourth-order valence-electron chi connectivity index (χ4n) is 2.98. The molecule has 10 heteroatoms. The van der Waals surface area contributed by atoms with E-state index >= 15 is 0 Å². The summed E-state index contributed by atoms with van der Waals surface area (Å²) in [6.07, 6.45) is 2.11. The number of hydrogen-bond acceptors (Lipinski definition) is 7. The Morgan fingerprint density at radius 2 is 2.24 bits per heavy atom. The Hall–Kier alpha value is -1.75. The summed E-state index contributed by atoms with van der Waals surface area (Å²) < 4.78 is 27.8. The lowest BCUT2D eigenvalue weighted by atomic mass is 9.98. The highest BCUT2D eigenvalue weighted by atomic mass is 32.2. The van der Waals surface area contributed by atoms with Crippen LogP contribution < -0.4 is 10.5 Å². The van der Waals surface area contributed by atoms with Crippen molar-refractivity contribution < 1.29 is 18.1 Å². The van der Waals surface area contributed by atoms with E-state index in [2.05, 4.69) is 10.2 Å². The summed E-state index contributed by atoms with van der Waals surface area (Å²) in [5, 5.41) is 19.3. The Morgan fingerprint density at radius 1 is 1.48 bits per heavy atom. The first-order valence-corrected chi connectivity index (χ1v) is 9.62. The maximum atomic E-state index is 11.4. The highest BCUT2D eigenvalue weighted by Crippen LogP contribution is 2.28. The Balaban J connectivity index is 2.03. The van der Waals surface area contributed by atoms with Crippen molar-refractivity contribution in [2.24, 2.45) is 11.1 Å². The minimum Gasteiger partial charge on any atom is -0.383 e. The number of primary sulfonamides is 1. The van der Waals surface area contributed by atoms with E-state index in [1.54, 1.807) is 7.11 Å². The van der Waals surface area contributed by atoms with Gasteiger partial charge in [0.1, 0.15) is 5.69 Å². The van der Waals surface area contributed by atoms with Gasteiger partial charge in [-0.1, -0.05) is 0 Å². The molecule has 0 radical (unpaired) electrons. The molecule has 2 rings (SSSR count). The molecule has 0 amide bonds. The number of hydrogen-bond donors (Lipinski definition) is 2. The van der Waals surface area contributed by atoms with Crippen molar-refractivity contribution in [1.29, 1.82) is 0 Å². The fourth-order valence-corrected chi connectivity index (χ4v) is 3.52. The average molecular weight is 372 g/mol. The zero-order valence-corrected chi connectivity index (χ0v) is 15.0. The van der Waals surface area contributed by atoms with E-state index in [4.69, 9.17) is 9.88 Å². The summed E-state index contributed by atoms with van der Waals surface area (Å²) in [5.74, 6) is 0.364. The van der Waals surface area contributed by atoms with Gasteiger partial charge in [0.05, 0.1) is 16.4 Å². The molecule has 1 saturated heterocycles. The van der Waals surface area contributed by atoms with Crippen molar-refractivity contribution in [1.82, 2.24) is 4.90 Å². The number of rotatable bonds is 8. The molecule has 1 aliphatic heterocycles. The van der Waals surface area contributed by atoms with Crippen molar-refractivity contribution in [2.75, 3.05) is 45.2 Å². The van der Waals surface area contributed by atoms with Crippen LogP contribution in [-0.4, -0.2) is 58.1 Å². The van der Waals surface area contributed by atoms with Crippen LogP contribution in [0.1, 0.15) is 12.8 Å². The Morgan fingerprint density at radius 3 is 2.88 bits per heavy atom. The monoisotopic (exact) mass is 372 g/mol. The van der Waals surface area contributed by atoms with Crippen LogP contribution >= 0.6 is 0 Å². The third-order valence-electron chi connectivity index (χ3n) is 4.29. The molecule has 0 saturated carbocycles. The number of anilines is 1. The minimum atomic E-state index is -3.98. The number of likely N-dealkylation sites (tertiary alicyclic amines) is 1. The predicted molar refractivity (Wildman–Crippen MR) is 94.0 cm³/mol. The standard InChI is InChI=1S/C15H24N4O5S/c1-24-8-7-18-6-2-3-12(11-18)10-17-14-5-4-13(25(16,22)23)9-15(14)19(20)21/h4-5,9,12,17H,2-3,6-8,10-11H2,1H3,(H2,16,22,23). The Labute approximate surface area is 147 Å². The number of methoxy groups -OCH3 is 1. The second-order valence-corrected chi connectivity index (χ2v) is 7.73. The SMILES string of the molecule is COCCN1CCCC(CNc2ccc(S(N)(=O)=O)cc2[N+](=O)[O-])C1. The number of sulfonamides is 1. The summed E-state index contributed by atoms with van der Waals surface area (Å²) >= 11 is 0. The van der Waals surface area contributed by atoms with Crippen LogP contribution in [0.25, 0.3) is 0 Å². The van der Waals surface area contributed by atoms with Gasteiger partial charge in [-0.25, -0.2) is 13.6 Å². The second-order valence-electron chi connectivity index (χ2n) is 6.16. The highest BCUT2D eigenvalue weighted by molar-refractivity contribution is 7.89. The van der Waals surface area contributed by atoms with E-state index in [0.29, 0.717) is 24.8 Å². The summed E-state index contributed by atoms with van der Waals surface area (Å²) in [7, 11) is -2.30. The van der Waals surface area contributed by atoms with Gasteiger partial charge >= 0.3 is 0 Å². The zero-order valence-electron chi connectivity index (χ0n) is 14.2. The summed E-state index contributed by atoms with van der Waals surface area (Å²) in [6.45, 7) is 4.07.